The Balaban J connectivity index is 2.42. The predicted molar refractivity (Wildman–Crippen MR) is 77.6 cm³/mol. The van der Waals surface area contributed by atoms with Gasteiger partial charge in [0.2, 0.25) is 0 Å². The minimum Gasteiger partial charge on any atom is -0.387 e. The second-order valence-electron chi connectivity index (χ2n) is 5.03. The zero-order valence-electron chi connectivity index (χ0n) is 12.0. The highest BCUT2D eigenvalue weighted by molar-refractivity contribution is 5.19. The van der Waals surface area contributed by atoms with Crippen molar-refractivity contribution in [1.82, 2.24) is 5.32 Å². The van der Waals surface area contributed by atoms with E-state index in [0.29, 0.717) is 0 Å². The Morgan fingerprint density at radius 3 is 2.37 bits per heavy atom. The summed E-state index contributed by atoms with van der Waals surface area (Å²) in [6.07, 6.45) is 5.14. The topological polar surface area (TPSA) is 32.3 Å². The van der Waals surface area contributed by atoms with Gasteiger partial charge in [-0.15, -0.1) is 0 Å². The van der Waals surface area contributed by atoms with E-state index in [-0.39, 0.29) is 11.9 Å². The summed E-state index contributed by atoms with van der Waals surface area (Å²) in [5.74, 6) is -0.267. The molecule has 1 aromatic rings. The summed E-state index contributed by atoms with van der Waals surface area (Å²) in [4.78, 5) is 0. The van der Waals surface area contributed by atoms with Crippen LogP contribution < -0.4 is 5.32 Å². The normalized spacial score (nSPS) is 14.3. The smallest absolute Gasteiger partial charge is 0.123 e. The van der Waals surface area contributed by atoms with Gasteiger partial charge in [0, 0.05) is 6.04 Å². The van der Waals surface area contributed by atoms with Gasteiger partial charge in [-0.3, -0.25) is 0 Å². The van der Waals surface area contributed by atoms with E-state index in [1.165, 1.54) is 31.4 Å². The van der Waals surface area contributed by atoms with Crippen LogP contribution in [0.1, 0.15) is 57.6 Å². The Morgan fingerprint density at radius 1 is 1.11 bits per heavy atom. The van der Waals surface area contributed by atoms with E-state index < -0.39 is 6.10 Å². The summed E-state index contributed by atoms with van der Waals surface area (Å²) in [6, 6.07) is 6.13. The van der Waals surface area contributed by atoms with Crippen LogP contribution in [0.15, 0.2) is 24.3 Å². The molecule has 2 nitrogen and oxygen atoms in total. The first kappa shape index (κ1) is 16.1. The van der Waals surface area contributed by atoms with Crippen LogP contribution in [0.5, 0.6) is 0 Å². The third kappa shape index (κ3) is 5.70. The fourth-order valence-corrected chi connectivity index (χ4v) is 2.21. The van der Waals surface area contributed by atoms with Gasteiger partial charge in [-0.1, -0.05) is 45.2 Å². The van der Waals surface area contributed by atoms with Gasteiger partial charge in [0.1, 0.15) is 5.82 Å². The molecule has 19 heavy (non-hydrogen) atoms. The van der Waals surface area contributed by atoms with Crippen LogP contribution in [0.2, 0.25) is 0 Å². The first-order chi connectivity index (χ1) is 9.19. The summed E-state index contributed by atoms with van der Waals surface area (Å²) < 4.78 is 12.9. The first-order valence-corrected chi connectivity index (χ1v) is 7.36. The molecule has 1 rings (SSSR count). The predicted octanol–water partition coefficient (Wildman–Crippen LogP) is 3.81. The summed E-state index contributed by atoms with van der Waals surface area (Å²) >= 11 is 0. The van der Waals surface area contributed by atoms with Crippen LogP contribution >= 0.6 is 0 Å². The molecule has 0 amide bonds. The molecule has 0 saturated carbocycles. The third-order valence-electron chi connectivity index (χ3n) is 3.47. The molecule has 2 atom stereocenters. The van der Waals surface area contributed by atoms with Crippen molar-refractivity contribution < 1.29 is 9.50 Å². The second kappa shape index (κ2) is 9.05. The molecule has 0 spiro atoms. The van der Waals surface area contributed by atoms with Crippen molar-refractivity contribution in [2.45, 2.75) is 58.1 Å². The van der Waals surface area contributed by atoms with Crippen molar-refractivity contribution in [3.05, 3.63) is 35.6 Å². The lowest BCUT2D eigenvalue weighted by atomic mass is 10.00. The number of nitrogens with one attached hydrogen (secondary N) is 1. The summed E-state index contributed by atoms with van der Waals surface area (Å²) in [7, 11) is 0. The molecular weight excluding hydrogens is 241 g/mol. The van der Waals surface area contributed by atoms with Crippen LogP contribution in [0.4, 0.5) is 4.39 Å². The quantitative estimate of drug-likeness (QED) is 0.667. The maximum atomic E-state index is 12.9. The lowest BCUT2D eigenvalue weighted by Crippen LogP contribution is -2.35. The second-order valence-corrected chi connectivity index (χ2v) is 5.03. The van der Waals surface area contributed by atoms with Gasteiger partial charge in [-0.25, -0.2) is 4.39 Å². The molecule has 3 heteroatoms. The largest absolute Gasteiger partial charge is 0.387 e. The van der Waals surface area contributed by atoms with Crippen LogP contribution in [-0.4, -0.2) is 17.7 Å². The highest BCUT2D eigenvalue weighted by Crippen LogP contribution is 2.19. The number of aliphatic hydroxyl groups is 1. The van der Waals surface area contributed by atoms with Gasteiger partial charge >= 0.3 is 0 Å². The van der Waals surface area contributed by atoms with E-state index in [9.17, 15) is 9.50 Å². The maximum Gasteiger partial charge on any atom is 0.123 e. The average molecular weight is 267 g/mol. The van der Waals surface area contributed by atoms with Crippen LogP contribution in [-0.2, 0) is 0 Å². The molecule has 0 saturated heterocycles. The molecule has 1 aromatic carbocycles. The van der Waals surface area contributed by atoms with Crippen molar-refractivity contribution >= 4 is 0 Å². The summed E-state index contributed by atoms with van der Waals surface area (Å²) in [5.41, 5.74) is 0.773. The van der Waals surface area contributed by atoms with Gasteiger partial charge in [0.15, 0.2) is 0 Å². The van der Waals surface area contributed by atoms with Gasteiger partial charge in [-0.05, 0) is 37.1 Å². The first-order valence-electron chi connectivity index (χ1n) is 7.36. The zero-order valence-corrected chi connectivity index (χ0v) is 12.0. The molecule has 0 radical (unpaired) electrons. The molecule has 0 bridgehead atoms. The molecule has 2 unspecified atom stereocenters. The molecule has 108 valence electrons. The van der Waals surface area contributed by atoms with E-state index in [0.717, 1.165) is 24.9 Å². The van der Waals surface area contributed by atoms with E-state index in [4.69, 9.17) is 0 Å². The van der Waals surface area contributed by atoms with Crippen LogP contribution in [0.3, 0.4) is 0 Å². The zero-order chi connectivity index (χ0) is 14.1. The summed E-state index contributed by atoms with van der Waals surface area (Å²) in [5, 5.41) is 13.7. The Hall–Kier alpha value is -0.930. The summed E-state index contributed by atoms with van der Waals surface area (Å²) in [6.45, 7) is 5.17. The Bertz CT molecular complexity index is 339. The molecule has 0 heterocycles. The number of rotatable bonds is 9. The molecule has 0 aromatic heterocycles. The van der Waals surface area contributed by atoms with Crippen molar-refractivity contribution in [2.24, 2.45) is 0 Å². The lowest BCUT2D eigenvalue weighted by molar-refractivity contribution is 0.126. The Kier molecular flexibility index (Phi) is 7.68. The van der Waals surface area contributed by atoms with E-state index >= 15 is 0 Å². The monoisotopic (exact) mass is 267 g/mol. The molecular formula is C16H26FNO. The number of aliphatic hydroxyl groups excluding tert-OH is 1. The molecule has 0 aliphatic heterocycles. The van der Waals surface area contributed by atoms with Gasteiger partial charge < -0.3 is 10.4 Å². The van der Waals surface area contributed by atoms with Crippen LogP contribution in [0.25, 0.3) is 0 Å². The van der Waals surface area contributed by atoms with Gasteiger partial charge in [-0.2, -0.15) is 0 Å². The van der Waals surface area contributed by atoms with E-state index in [1.807, 2.05) is 0 Å². The minimum absolute atomic E-state index is 0.0343. The molecule has 0 aliphatic carbocycles. The van der Waals surface area contributed by atoms with Crippen molar-refractivity contribution in [2.75, 3.05) is 6.54 Å². The van der Waals surface area contributed by atoms with E-state index in [2.05, 4.69) is 19.2 Å². The van der Waals surface area contributed by atoms with Crippen molar-refractivity contribution in [1.29, 1.82) is 0 Å². The third-order valence-corrected chi connectivity index (χ3v) is 3.47. The Labute approximate surface area is 116 Å². The maximum absolute atomic E-state index is 12.9. The van der Waals surface area contributed by atoms with E-state index in [1.54, 1.807) is 12.1 Å². The van der Waals surface area contributed by atoms with Gasteiger partial charge in [0.05, 0.1) is 6.10 Å². The Morgan fingerprint density at radius 2 is 1.79 bits per heavy atom. The number of hydrogen-bond acceptors (Lipinski definition) is 2. The SMILES string of the molecule is CCCCCCNC(CC)C(O)c1ccc(F)cc1. The van der Waals surface area contributed by atoms with Gasteiger partial charge in [0.25, 0.3) is 0 Å². The highest BCUT2D eigenvalue weighted by Gasteiger charge is 2.18. The van der Waals surface area contributed by atoms with Crippen LogP contribution in [0, 0.1) is 5.82 Å². The molecule has 0 fully saturated rings. The lowest BCUT2D eigenvalue weighted by Gasteiger charge is -2.23. The highest BCUT2D eigenvalue weighted by atomic mass is 19.1. The number of unbranched alkanes of at least 4 members (excludes halogenated alkanes) is 3. The number of halogens is 1. The fraction of sp³-hybridized carbons (Fsp3) is 0.625. The molecule has 0 aliphatic rings. The van der Waals surface area contributed by atoms with Crippen molar-refractivity contribution in [3.8, 4) is 0 Å². The van der Waals surface area contributed by atoms with Crippen molar-refractivity contribution in [3.63, 3.8) is 0 Å². The fourth-order valence-electron chi connectivity index (χ4n) is 2.21. The average Bonchev–Trinajstić information content (AvgIpc) is 2.43. The minimum atomic E-state index is -0.572. The number of hydrogen-bond donors (Lipinski definition) is 2. The standard InChI is InChI=1S/C16H26FNO/c1-3-5-6-7-12-18-15(4-2)16(19)13-8-10-14(17)11-9-13/h8-11,15-16,18-19H,3-7,12H2,1-2H3. The molecule has 2 N–H and O–H groups in total. The number of benzene rings is 1.